The van der Waals surface area contributed by atoms with Gasteiger partial charge in [-0.2, -0.15) is 0 Å². The molecule has 0 aliphatic heterocycles. The molecular formula is C13H16ClNO3. The summed E-state index contributed by atoms with van der Waals surface area (Å²) in [5, 5.41) is 9.55. The number of carbonyl (C=O) groups is 2. The maximum atomic E-state index is 12.2. The van der Waals surface area contributed by atoms with E-state index >= 15 is 0 Å². The Morgan fingerprint density at radius 3 is 2.28 bits per heavy atom. The van der Waals surface area contributed by atoms with Crippen LogP contribution in [-0.4, -0.2) is 34.5 Å². The standard InChI is InChI=1S/C13H16ClNO3/c1-8-5-9(7-10(14)6-8)11(16)15(4)13(2,3)12(17)18/h5-7H,1-4H3,(H,17,18). The molecule has 1 aromatic rings. The predicted octanol–water partition coefficient (Wildman–Crippen LogP) is 2.58. The van der Waals surface area contributed by atoms with E-state index in [1.54, 1.807) is 12.1 Å². The van der Waals surface area contributed by atoms with Crippen molar-refractivity contribution in [1.82, 2.24) is 4.90 Å². The van der Waals surface area contributed by atoms with E-state index in [0.717, 1.165) is 5.56 Å². The second kappa shape index (κ2) is 4.98. The summed E-state index contributed by atoms with van der Waals surface area (Å²) in [4.78, 5) is 24.5. The summed E-state index contributed by atoms with van der Waals surface area (Å²) in [6.07, 6.45) is 0. The number of aryl methyl sites for hydroxylation is 1. The Kier molecular flexibility index (Phi) is 4.02. The quantitative estimate of drug-likeness (QED) is 0.918. The number of hydrogen-bond acceptors (Lipinski definition) is 2. The largest absolute Gasteiger partial charge is 0.480 e. The molecule has 0 fully saturated rings. The van der Waals surface area contributed by atoms with Crippen LogP contribution >= 0.6 is 11.6 Å². The molecule has 0 saturated carbocycles. The Morgan fingerprint density at radius 2 is 1.83 bits per heavy atom. The molecule has 0 atom stereocenters. The fraction of sp³-hybridized carbons (Fsp3) is 0.385. The molecule has 0 saturated heterocycles. The molecule has 0 aliphatic rings. The molecule has 1 N–H and O–H groups in total. The van der Waals surface area contributed by atoms with Gasteiger partial charge in [0.2, 0.25) is 0 Å². The van der Waals surface area contributed by atoms with E-state index in [9.17, 15) is 9.59 Å². The fourth-order valence-electron chi connectivity index (χ4n) is 1.45. The number of carbonyl (C=O) groups excluding carboxylic acids is 1. The predicted molar refractivity (Wildman–Crippen MR) is 70.0 cm³/mol. The molecule has 1 aromatic carbocycles. The smallest absolute Gasteiger partial charge is 0.329 e. The van der Waals surface area contributed by atoms with Gasteiger partial charge in [-0.05, 0) is 44.5 Å². The van der Waals surface area contributed by atoms with Gasteiger partial charge in [0.1, 0.15) is 5.54 Å². The van der Waals surface area contributed by atoms with Gasteiger partial charge in [0.15, 0.2) is 0 Å². The summed E-state index contributed by atoms with van der Waals surface area (Å²) in [5.74, 6) is -1.43. The van der Waals surface area contributed by atoms with Gasteiger partial charge < -0.3 is 10.0 Å². The molecule has 0 spiro atoms. The number of carboxylic acids is 1. The second-order valence-corrected chi connectivity index (χ2v) is 5.18. The molecule has 1 rings (SSSR count). The molecule has 0 heterocycles. The first kappa shape index (κ1) is 14.5. The molecular weight excluding hydrogens is 254 g/mol. The molecule has 98 valence electrons. The number of likely N-dealkylation sites (N-methyl/N-ethyl adjacent to an activating group) is 1. The molecule has 0 unspecified atom stereocenters. The van der Waals surface area contributed by atoms with Gasteiger partial charge >= 0.3 is 5.97 Å². The first-order chi connectivity index (χ1) is 8.16. The number of carboxylic acid groups (broad SMARTS) is 1. The van der Waals surface area contributed by atoms with Crippen molar-refractivity contribution < 1.29 is 14.7 Å². The summed E-state index contributed by atoms with van der Waals surface area (Å²) < 4.78 is 0. The summed E-state index contributed by atoms with van der Waals surface area (Å²) in [7, 11) is 1.46. The molecule has 4 nitrogen and oxygen atoms in total. The number of rotatable bonds is 3. The van der Waals surface area contributed by atoms with Gasteiger partial charge in [-0.1, -0.05) is 11.6 Å². The number of hydrogen-bond donors (Lipinski definition) is 1. The minimum Gasteiger partial charge on any atom is -0.480 e. The lowest BCUT2D eigenvalue weighted by Crippen LogP contribution is -2.50. The minimum absolute atomic E-state index is 0.368. The normalized spacial score (nSPS) is 11.2. The summed E-state index contributed by atoms with van der Waals surface area (Å²) in [6.45, 7) is 4.78. The summed E-state index contributed by atoms with van der Waals surface area (Å²) >= 11 is 5.89. The van der Waals surface area contributed by atoms with Crippen molar-refractivity contribution in [3.05, 3.63) is 34.3 Å². The molecule has 5 heteroatoms. The van der Waals surface area contributed by atoms with Crippen molar-refractivity contribution in [3.8, 4) is 0 Å². The number of aliphatic carboxylic acids is 1. The van der Waals surface area contributed by atoms with Gasteiger partial charge in [0.25, 0.3) is 5.91 Å². The van der Waals surface area contributed by atoms with Crippen molar-refractivity contribution in [2.45, 2.75) is 26.3 Å². The molecule has 0 aromatic heterocycles. The number of benzene rings is 1. The number of amides is 1. The Bertz CT molecular complexity index is 477. The molecule has 0 aliphatic carbocycles. The maximum absolute atomic E-state index is 12.2. The fourth-order valence-corrected chi connectivity index (χ4v) is 1.74. The van der Waals surface area contributed by atoms with Crippen LogP contribution in [0.2, 0.25) is 5.02 Å². The average molecular weight is 270 g/mol. The van der Waals surface area contributed by atoms with Crippen LogP contribution < -0.4 is 0 Å². The van der Waals surface area contributed by atoms with Crippen LogP contribution in [0.25, 0.3) is 0 Å². The monoisotopic (exact) mass is 269 g/mol. The van der Waals surface area contributed by atoms with Crippen molar-refractivity contribution in [1.29, 1.82) is 0 Å². The SMILES string of the molecule is Cc1cc(Cl)cc(C(=O)N(C)C(C)(C)C(=O)O)c1. The summed E-state index contributed by atoms with van der Waals surface area (Å²) in [6, 6.07) is 4.95. The van der Waals surface area contributed by atoms with Crippen molar-refractivity contribution in [3.63, 3.8) is 0 Å². The van der Waals surface area contributed by atoms with Crippen LogP contribution in [-0.2, 0) is 4.79 Å². The Morgan fingerprint density at radius 1 is 1.28 bits per heavy atom. The number of nitrogens with zero attached hydrogens (tertiary/aromatic N) is 1. The molecule has 1 amide bonds. The lowest BCUT2D eigenvalue weighted by molar-refractivity contribution is -0.147. The zero-order valence-electron chi connectivity index (χ0n) is 10.8. The Balaban J connectivity index is 3.11. The molecule has 18 heavy (non-hydrogen) atoms. The average Bonchev–Trinajstić information content (AvgIpc) is 2.25. The van der Waals surface area contributed by atoms with Crippen molar-refractivity contribution >= 4 is 23.5 Å². The first-order valence-electron chi connectivity index (χ1n) is 5.45. The third-order valence-electron chi connectivity index (χ3n) is 2.96. The van der Waals surface area contributed by atoms with E-state index in [4.69, 9.17) is 16.7 Å². The van der Waals surface area contributed by atoms with E-state index in [0.29, 0.717) is 10.6 Å². The minimum atomic E-state index is -1.27. The van der Waals surface area contributed by atoms with Crippen LogP contribution in [0.15, 0.2) is 18.2 Å². The maximum Gasteiger partial charge on any atom is 0.329 e. The number of halogens is 1. The third kappa shape index (κ3) is 2.82. The van der Waals surface area contributed by atoms with Gasteiger partial charge in [0.05, 0.1) is 0 Å². The zero-order valence-corrected chi connectivity index (χ0v) is 11.6. The van der Waals surface area contributed by atoms with Gasteiger partial charge in [-0.15, -0.1) is 0 Å². The highest BCUT2D eigenvalue weighted by Crippen LogP contribution is 2.20. The highest BCUT2D eigenvalue weighted by atomic mass is 35.5. The van der Waals surface area contributed by atoms with E-state index < -0.39 is 11.5 Å². The van der Waals surface area contributed by atoms with Crippen molar-refractivity contribution in [2.24, 2.45) is 0 Å². The van der Waals surface area contributed by atoms with E-state index in [1.807, 2.05) is 6.92 Å². The topological polar surface area (TPSA) is 57.6 Å². The van der Waals surface area contributed by atoms with E-state index in [1.165, 1.54) is 31.9 Å². The van der Waals surface area contributed by atoms with Crippen LogP contribution in [0, 0.1) is 6.92 Å². The second-order valence-electron chi connectivity index (χ2n) is 4.75. The van der Waals surface area contributed by atoms with Crippen LogP contribution in [0.4, 0.5) is 0 Å². The highest BCUT2D eigenvalue weighted by molar-refractivity contribution is 6.31. The van der Waals surface area contributed by atoms with Gasteiger partial charge in [0, 0.05) is 17.6 Å². The van der Waals surface area contributed by atoms with Gasteiger partial charge in [-0.3, -0.25) is 4.79 Å². The summed E-state index contributed by atoms with van der Waals surface area (Å²) in [5.41, 5.74) is -0.0305. The molecule has 0 radical (unpaired) electrons. The van der Waals surface area contributed by atoms with Crippen molar-refractivity contribution in [2.75, 3.05) is 7.05 Å². The molecule has 0 bridgehead atoms. The van der Waals surface area contributed by atoms with Gasteiger partial charge in [-0.25, -0.2) is 4.79 Å². The Hall–Kier alpha value is -1.55. The van der Waals surface area contributed by atoms with E-state index in [-0.39, 0.29) is 5.91 Å². The van der Waals surface area contributed by atoms with E-state index in [2.05, 4.69) is 0 Å². The van der Waals surface area contributed by atoms with Crippen LogP contribution in [0.3, 0.4) is 0 Å². The Labute approximate surface area is 111 Å². The van der Waals surface area contributed by atoms with Crippen LogP contribution in [0.1, 0.15) is 29.8 Å². The lowest BCUT2D eigenvalue weighted by Gasteiger charge is -2.31. The van der Waals surface area contributed by atoms with Crippen LogP contribution in [0.5, 0.6) is 0 Å². The lowest BCUT2D eigenvalue weighted by atomic mass is 10.0. The third-order valence-corrected chi connectivity index (χ3v) is 3.17. The zero-order chi connectivity index (χ0) is 14.1. The highest BCUT2D eigenvalue weighted by Gasteiger charge is 2.35. The first-order valence-corrected chi connectivity index (χ1v) is 5.83.